The topological polar surface area (TPSA) is 44.1 Å². The van der Waals surface area contributed by atoms with Crippen LogP contribution in [0.5, 0.6) is 5.75 Å². The summed E-state index contributed by atoms with van der Waals surface area (Å²) in [6.07, 6.45) is 1.27. The van der Waals surface area contributed by atoms with Crippen LogP contribution in [0, 0.1) is 0 Å². The lowest BCUT2D eigenvalue weighted by Crippen LogP contribution is -2.09. The van der Waals surface area contributed by atoms with Crippen molar-refractivity contribution in [1.29, 1.82) is 0 Å². The van der Waals surface area contributed by atoms with E-state index in [2.05, 4.69) is 12.0 Å². The minimum absolute atomic E-state index is 0.107. The number of Topliss-reactive ketones (excluding diaryl/α,β-unsaturated/α-hetero) is 1. The first-order valence-corrected chi connectivity index (χ1v) is 7.49. The lowest BCUT2D eigenvalue weighted by atomic mass is 10.1. The zero-order chi connectivity index (χ0) is 15.2. The van der Waals surface area contributed by atoms with Crippen LogP contribution in [0.2, 0.25) is 0 Å². The van der Waals surface area contributed by atoms with E-state index in [0.717, 1.165) is 30.1 Å². The molecule has 0 N–H and O–H groups in total. The minimum Gasteiger partial charge on any atom is -0.494 e. The third-order valence-corrected chi connectivity index (χ3v) is 3.40. The van der Waals surface area contributed by atoms with Crippen molar-refractivity contribution in [1.82, 2.24) is 9.78 Å². The number of rotatable bonds is 7. The molecule has 0 spiro atoms. The SMILES string of the molecule is CCOc1ccc(C(=O)Cc2cc(CC)nn2CC)cc1. The monoisotopic (exact) mass is 286 g/mol. The predicted molar refractivity (Wildman–Crippen MR) is 82.9 cm³/mol. The Hall–Kier alpha value is -2.10. The Balaban J connectivity index is 2.11. The number of hydrogen-bond acceptors (Lipinski definition) is 3. The lowest BCUT2D eigenvalue weighted by molar-refractivity contribution is 0.0990. The van der Waals surface area contributed by atoms with E-state index in [9.17, 15) is 4.79 Å². The van der Waals surface area contributed by atoms with Gasteiger partial charge in [-0.3, -0.25) is 9.48 Å². The van der Waals surface area contributed by atoms with Gasteiger partial charge >= 0.3 is 0 Å². The number of nitrogens with zero attached hydrogens (tertiary/aromatic N) is 2. The number of ketones is 1. The van der Waals surface area contributed by atoms with Gasteiger partial charge in [-0.05, 0) is 50.6 Å². The summed E-state index contributed by atoms with van der Waals surface area (Å²) >= 11 is 0. The van der Waals surface area contributed by atoms with E-state index in [1.165, 1.54) is 0 Å². The van der Waals surface area contributed by atoms with Gasteiger partial charge in [-0.25, -0.2) is 0 Å². The van der Waals surface area contributed by atoms with Gasteiger partial charge in [0.25, 0.3) is 0 Å². The van der Waals surface area contributed by atoms with Crippen LogP contribution in [0.15, 0.2) is 30.3 Å². The maximum atomic E-state index is 12.4. The highest BCUT2D eigenvalue weighted by atomic mass is 16.5. The van der Waals surface area contributed by atoms with E-state index in [0.29, 0.717) is 18.6 Å². The molecule has 4 heteroatoms. The van der Waals surface area contributed by atoms with Gasteiger partial charge < -0.3 is 4.74 Å². The Bertz CT molecular complexity index is 600. The number of carbonyl (C=O) groups is 1. The molecule has 1 aromatic carbocycles. The number of aromatic nitrogens is 2. The molecule has 0 unspecified atom stereocenters. The zero-order valence-corrected chi connectivity index (χ0v) is 12.9. The average Bonchev–Trinajstić information content (AvgIpc) is 2.90. The van der Waals surface area contributed by atoms with Crippen LogP contribution in [-0.2, 0) is 19.4 Å². The van der Waals surface area contributed by atoms with E-state index < -0.39 is 0 Å². The summed E-state index contributed by atoms with van der Waals surface area (Å²) < 4.78 is 7.30. The maximum absolute atomic E-state index is 12.4. The molecule has 0 atom stereocenters. The first kappa shape index (κ1) is 15.3. The summed E-state index contributed by atoms with van der Waals surface area (Å²) in [7, 11) is 0. The summed E-state index contributed by atoms with van der Waals surface area (Å²) in [4.78, 5) is 12.4. The molecule has 0 bridgehead atoms. The number of hydrogen-bond donors (Lipinski definition) is 0. The van der Waals surface area contributed by atoms with E-state index in [1.807, 2.05) is 48.9 Å². The van der Waals surface area contributed by atoms with Gasteiger partial charge in [0.15, 0.2) is 5.78 Å². The van der Waals surface area contributed by atoms with Crippen LogP contribution in [-0.4, -0.2) is 22.2 Å². The molecule has 0 aliphatic rings. The molecule has 0 saturated carbocycles. The summed E-state index contributed by atoms with van der Waals surface area (Å²) in [5.74, 6) is 0.899. The van der Waals surface area contributed by atoms with Crippen molar-refractivity contribution in [3.05, 3.63) is 47.3 Å². The molecule has 0 fully saturated rings. The highest BCUT2D eigenvalue weighted by Gasteiger charge is 2.12. The summed E-state index contributed by atoms with van der Waals surface area (Å²) in [6, 6.07) is 9.34. The quantitative estimate of drug-likeness (QED) is 0.734. The van der Waals surface area contributed by atoms with Crippen LogP contribution in [0.1, 0.15) is 42.5 Å². The molecule has 0 aliphatic carbocycles. The maximum Gasteiger partial charge on any atom is 0.168 e. The minimum atomic E-state index is 0.107. The molecule has 4 nitrogen and oxygen atoms in total. The van der Waals surface area contributed by atoms with Gasteiger partial charge in [-0.1, -0.05) is 6.92 Å². The molecular formula is C17H22N2O2. The smallest absolute Gasteiger partial charge is 0.168 e. The summed E-state index contributed by atoms with van der Waals surface area (Å²) in [5, 5.41) is 4.48. The molecule has 0 aliphatic heterocycles. The molecule has 0 saturated heterocycles. The molecule has 2 aromatic rings. The third-order valence-electron chi connectivity index (χ3n) is 3.40. The van der Waals surface area contributed by atoms with Crippen LogP contribution in [0.4, 0.5) is 0 Å². The Kier molecular flexibility index (Phi) is 5.14. The summed E-state index contributed by atoms with van der Waals surface area (Å²) in [5.41, 5.74) is 2.72. The van der Waals surface area contributed by atoms with Crippen molar-refractivity contribution in [2.45, 2.75) is 40.2 Å². The van der Waals surface area contributed by atoms with Crippen LogP contribution >= 0.6 is 0 Å². The third kappa shape index (κ3) is 3.72. The van der Waals surface area contributed by atoms with Crippen LogP contribution in [0.25, 0.3) is 0 Å². The Morgan fingerprint density at radius 2 is 1.90 bits per heavy atom. The van der Waals surface area contributed by atoms with E-state index >= 15 is 0 Å². The second-order valence-electron chi connectivity index (χ2n) is 4.85. The Labute approximate surface area is 125 Å². The van der Waals surface area contributed by atoms with E-state index in [1.54, 1.807) is 0 Å². The average molecular weight is 286 g/mol. The molecule has 0 radical (unpaired) electrons. The fourth-order valence-corrected chi connectivity index (χ4v) is 2.27. The lowest BCUT2D eigenvalue weighted by Gasteiger charge is -2.06. The van der Waals surface area contributed by atoms with E-state index in [4.69, 9.17) is 4.74 Å². The van der Waals surface area contributed by atoms with Gasteiger partial charge in [0, 0.05) is 17.8 Å². The Morgan fingerprint density at radius 1 is 1.19 bits per heavy atom. The van der Waals surface area contributed by atoms with E-state index in [-0.39, 0.29) is 5.78 Å². The number of benzene rings is 1. The highest BCUT2D eigenvalue weighted by Crippen LogP contribution is 2.15. The first-order chi connectivity index (χ1) is 10.2. The predicted octanol–water partition coefficient (Wildman–Crippen LogP) is 3.29. The van der Waals surface area contributed by atoms with Crippen LogP contribution < -0.4 is 4.74 Å². The molecule has 21 heavy (non-hydrogen) atoms. The van der Waals surface area contributed by atoms with Crippen molar-refractivity contribution in [2.75, 3.05) is 6.61 Å². The molecule has 112 valence electrons. The zero-order valence-electron chi connectivity index (χ0n) is 12.9. The molecular weight excluding hydrogens is 264 g/mol. The van der Waals surface area contributed by atoms with Gasteiger partial charge in [0.1, 0.15) is 5.75 Å². The Morgan fingerprint density at radius 3 is 2.48 bits per heavy atom. The molecule has 1 aromatic heterocycles. The largest absolute Gasteiger partial charge is 0.494 e. The first-order valence-electron chi connectivity index (χ1n) is 7.49. The fraction of sp³-hybridized carbons (Fsp3) is 0.412. The van der Waals surface area contributed by atoms with Gasteiger partial charge in [-0.15, -0.1) is 0 Å². The van der Waals surface area contributed by atoms with Gasteiger partial charge in [0.05, 0.1) is 18.7 Å². The second-order valence-corrected chi connectivity index (χ2v) is 4.85. The van der Waals surface area contributed by atoms with Gasteiger partial charge in [-0.2, -0.15) is 5.10 Å². The van der Waals surface area contributed by atoms with Crippen molar-refractivity contribution in [3.63, 3.8) is 0 Å². The van der Waals surface area contributed by atoms with Crippen molar-refractivity contribution in [2.24, 2.45) is 0 Å². The number of ether oxygens (including phenoxy) is 1. The second kappa shape index (κ2) is 7.07. The van der Waals surface area contributed by atoms with Crippen LogP contribution in [0.3, 0.4) is 0 Å². The fourth-order valence-electron chi connectivity index (χ4n) is 2.27. The highest BCUT2D eigenvalue weighted by molar-refractivity contribution is 5.97. The van der Waals surface area contributed by atoms with Crippen molar-refractivity contribution in [3.8, 4) is 5.75 Å². The molecule has 0 amide bonds. The van der Waals surface area contributed by atoms with Crippen molar-refractivity contribution >= 4 is 5.78 Å². The number of aryl methyl sites for hydroxylation is 2. The molecule has 1 heterocycles. The van der Waals surface area contributed by atoms with Crippen molar-refractivity contribution < 1.29 is 9.53 Å². The normalized spacial score (nSPS) is 10.6. The molecule has 2 rings (SSSR count). The standard InChI is InChI=1S/C17H22N2O2/c1-4-14-11-15(19(5-2)18-14)12-17(20)13-7-9-16(10-8-13)21-6-3/h7-11H,4-6,12H2,1-3H3. The number of carbonyl (C=O) groups excluding carboxylic acids is 1. The summed E-state index contributed by atoms with van der Waals surface area (Å²) in [6.45, 7) is 7.46. The van der Waals surface area contributed by atoms with Gasteiger partial charge in [0.2, 0.25) is 0 Å².